The SMILES string of the molecule is COCCCOc1cc(C(=O)N(CC2CNCC2Cc2ccccc2)C2CCC2)ccc1OC. The third kappa shape index (κ3) is 6.10. The maximum atomic E-state index is 13.7. The normalized spacial score (nSPS) is 20.1. The summed E-state index contributed by atoms with van der Waals surface area (Å²) < 4.78 is 16.5. The largest absolute Gasteiger partial charge is 0.493 e. The average Bonchev–Trinajstić information content (AvgIpc) is 3.26. The van der Waals surface area contributed by atoms with Gasteiger partial charge in [0.2, 0.25) is 0 Å². The number of carbonyl (C=O) groups excluding carboxylic acids is 1. The molecular weight excluding hydrogens is 428 g/mol. The zero-order valence-corrected chi connectivity index (χ0v) is 20.5. The Kier molecular flexibility index (Phi) is 8.83. The first kappa shape index (κ1) is 24.6. The molecule has 0 aromatic heterocycles. The number of hydrogen-bond donors (Lipinski definition) is 1. The molecule has 1 N–H and O–H groups in total. The van der Waals surface area contributed by atoms with Crippen LogP contribution in [0.4, 0.5) is 0 Å². The number of methoxy groups -OCH3 is 2. The van der Waals surface area contributed by atoms with Crippen LogP contribution in [0.25, 0.3) is 0 Å². The minimum absolute atomic E-state index is 0.0967. The molecule has 1 saturated heterocycles. The first-order chi connectivity index (χ1) is 16.7. The van der Waals surface area contributed by atoms with Crippen molar-refractivity contribution >= 4 is 5.91 Å². The van der Waals surface area contributed by atoms with E-state index in [9.17, 15) is 4.79 Å². The molecule has 2 aromatic rings. The van der Waals surface area contributed by atoms with Gasteiger partial charge in [0.25, 0.3) is 5.91 Å². The Hall–Kier alpha value is -2.57. The Morgan fingerprint density at radius 3 is 2.50 bits per heavy atom. The van der Waals surface area contributed by atoms with Crippen molar-refractivity contribution < 1.29 is 19.0 Å². The molecule has 34 heavy (non-hydrogen) atoms. The van der Waals surface area contributed by atoms with Crippen molar-refractivity contribution in [1.82, 2.24) is 10.2 Å². The average molecular weight is 467 g/mol. The van der Waals surface area contributed by atoms with E-state index >= 15 is 0 Å². The molecule has 2 aliphatic rings. The van der Waals surface area contributed by atoms with Crippen LogP contribution >= 0.6 is 0 Å². The van der Waals surface area contributed by atoms with E-state index in [0.29, 0.717) is 48.2 Å². The third-order valence-electron chi connectivity index (χ3n) is 7.19. The van der Waals surface area contributed by atoms with Gasteiger partial charge in [-0.05, 0) is 74.4 Å². The lowest BCUT2D eigenvalue weighted by Crippen LogP contribution is -2.47. The lowest BCUT2D eigenvalue weighted by molar-refractivity contribution is 0.0518. The van der Waals surface area contributed by atoms with Gasteiger partial charge in [-0.2, -0.15) is 0 Å². The fourth-order valence-electron chi connectivity index (χ4n) is 4.98. The number of nitrogens with one attached hydrogen (secondary N) is 1. The lowest BCUT2D eigenvalue weighted by Gasteiger charge is -2.40. The monoisotopic (exact) mass is 466 g/mol. The molecule has 2 atom stereocenters. The predicted molar refractivity (Wildman–Crippen MR) is 134 cm³/mol. The zero-order valence-electron chi connectivity index (χ0n) is 20.5. The summed E-state index contributed by atoms with van der Waals surface area (Å²) in [5, 5.41) is 3.57. The van der Waals surface area contributed by atoms with Crippen LogP contribution in [0.15, 0.2) is 48.5 Å². The minimum atomic E-state index is 0.0967. The number of carbonyl (C=O) groups is 1. The molecule has 2 fully saturated rings. The smallest absolute Gasteiger partial charge is 0.254 e. The second-order valence-electron chi connectivity index (χ2n) is 9.47. The van der Waals surface area contributed by atoms with Crippen molar-refractivity contribution in [2.45, 2.75) is 38.1 Å². The minimum Gasteiger partial charge on any atom is -0.493 e. The molecule has 1 aliphatic heterocycles. The highest BCUT2D eigenvalue weighted by atomic mass is 16.5. The summed E-state index contributed by atoms with van der Waals surface area (Å²) in [5.41, 5.74) is 2.04. The number of benzene rings is 2. The van der Waals surface area contributed by atoms with Crippen LogP contribution in [0.1, 0.15) is 41.6 Å². The second kappa shape index (κ2) is 12.2. The van der Waals surface area contributed by atoms with Crippen LogP contribution < -0.4 is 14.8 Å². The Balaban J connectivity index is 1.47. The van der Waals surface area contributed by atoms with Crippen molar-refractivity contribution in [2.24, 2.45) is 11.8 Å². The fraction of sp³-hybridized carbons (Fsp3) is 0.536. The first-order valence-corrected chi connectivity index (χ1v) is 12.5. The molecule has 1 saturated carbocycles. The molecule has 184 valence electrons. The molecular formula is C28H38N2O4. The van der Waals surface area contributed by atoms with Gasteiger partial charge < -0.3 is 24.4 Å². The summed E-state index contributed by atoms with van der Waals surface area (Å²) in [6.45, 7) is 3.92. The van der Waals surface area contributed by atoms with E-state index < -0.39 is 0 Å². The Labute approximate surface area is 203 Å². The molecule has 0 radical (unpaired) electrons. The summed E-state index contributed by atoms with van der Waals surface area (Å²) in [6.07, 6.45) is 5.20. The molecule has 0 spiro atoms. The van der Waals surface area contributed by atoms with Gasteiger partial charge in [0.1, 0.15) is 0 Å². The summed E-state index contributed by atoms with van der Waals surface area (Å²) in [7, 11) is 3.30. The number of hydrogen-bond acceptors (Lipinski definition) is 5. The maximum absolute atomic E-state index is 13.7. The van der Waals surface area contributed by atoms with Gasteiger partial charge in [0, 0.05) is 38.3 Å². The second-order valence-corrected chi connectivity index (χ2v) is 9.47. The third-order valence-corrected chi connectivity index (χ3v) is 7.19. The van der Waals surface area contributed by atoms with E-state index in [0.717, 1.165) is 45.3 Å². The molecule has 1 aliphatic carbocycles. The fourth-order valence-corrected chi connectivity index (χ4v) is 4.98. The number of ether oxygens (including phenoxy) is 3. The van der Waals surface area contributed by atoms with Gasteiger partial charge in [-0.1, -0.05) is 30.3 Å². The van der Waals surface area contributed by atoms with Crippen LogP contribution in [0, 0.1) is 11.8 Å². The molecule has 1 amide bonds. The van der Waals surface area contributed by atoms with E-state index in [-0.39, 0.29) is 5.91 Å². The van der Waals surface area contributed by atoms with Crippen LogP contribution in [0.3, 0.4) is 0 Å². The van der Waals surface area contributed by atoms with Gasteiger partial charge in [-0.3, -0.25) is 4.79 Å². The topological polar surface area (TPSA) is 60.0 Å². The van der Waals surface area contributed by atoms with Crippen LogP contribution in [0.2, 0.25) is 0 Å². The molecule has 4 rings (SSSR count). The van der Waals surface area contributed by atoms with E-state index in [1.807, 2.05) is 18.2 Å². The summed E-state index contributed by atoms with van der Waals surface area (Å²) in [6, 6.07) is 16.6. The summed E-state index contributed by atoms with van der Waals surface area (Å²) in [5.74, 6) is 2.34. The van der Waals surface area contributed by atoms with Gasteiger partial charge in [-0.25, -0.2) is 0 Å². The summed E-state index contributed by atoms with van der Waals surface area (Å²) in [4.78, 5) is 15.9. The van der Waals surface area contributed by atoms with Crippen molar-refractivity contribution in [1.29, 1.82) is 0 Å². The zero-order chi connectivity index (χ0) is 23.8. The Morgan fingerprint density at radius 2 is 1.79 bits per heavy atom. The highest BCUT2D eigenvalue weighted by Gasteiger charge is 2.35. The van der Waals surface area contributed by atoms with E-state index in [1.165, 1.54) is 12.0 Å². The van der Waals surface area contributed by atoms with Crippen molar-refractivity contribution in [3.63, 3.8) is 0 Å². The number of nitrogens with zero attached hydrogens (tertiary/aromatic N) is 1. The van der Waals surface area contributed by atoms with Crippen molar-refractivity contribution in [3.8, 4) is 11.5 Å². The van der Waals surface area contributed by atoms with Gasteiger partial charge in [0.05, 0.1) is 13.7 Å². The van der Waals surface area contributed by atoms with Crippen LogP contribution in [-0.4, -0.2) is 63.9 Å². The molecule has 1 heterocycles. The molecule has 2 aromatic carbocycles. The molecule has 6 nitrogen and oxygen atoms in total. The van der Waals surface area contributed by atoms with E-state index in [1.54, 1.807) is 14.2 Å². The quantitative estimate of drug-likeness (QED) is 0.476. The molecule has 6 heteroatoms. The summed E-state index contributed by atoms with van der Waals surface area (Å²) >= 11 is 0. The first-order valence-electron chi connectivity index (χ1n) is 12.5. The van der Waals surface area contributed by atoms with Crippen molar-refractivity contribution in [2.75, 3.05) is 47.1 Å². The molecule has 2 unspecified atom stereocenters. The highest BCUT2D eigenvalue weighted by Crippen LogP contribution is 2.33. The van der Waals surface area contributed by atoms with E-state index in [4.69, 9.17) is 14.2 Å². The van der Waals surface area contributed by atoms with E-state index in [2.05, 4.69) is 40.5 Å². The van der Waals surface area contributed by atoms with Gasteiger partial charge >= 0.3 is 0 Å². The number of amides is 1. The maximum Gasteiger partial charge on any atom is 0.254 e. The Bertz CT molecular complexity index is 916. The predicted octanol–water partition coefficient (Wildman–Crippen LogP) is 4.18. The highest BCUT2D eigenvalue weighted by molar-refractivity contribution is 5.95. The van der Waals surface area contributed by atoms with Crippen LogP contribution in [-0.2, 0) is 11.2 Å². The van der Waals surface area contributed by atoms with Crippen LogP contribution in [0.5, 0.6) is 11.5 Å². The lowest BCUT2D eigenvalue weighted by atomic mass is 9.86. The standard InChI is InChI=1S/C28H38N2O4/c1-32-14-7-15-34-27-17-22(12-13-26(27)33-2)28(31)30(25-10-6-11-25)20-24-19-29-18-23(24)16-21-8-4-3-5-9-21/h3-5,8-9,12-13,17,23-25,29H,6-7,10-11,14-16,18-20H2,1-2H3. The van der Waals surface area contributed by atoms with Crippen molar-refractivity contribution in [3.05, 3.63) is 59.7 Å². The Morgan fingerprint density at radius 1 is 1.00 bits per heavy atom. The van der Waals surface area contributed by atoms with Gasteiger partial charge in [0.15, 0.2) is 11.5 Å². The molecule has 0 bridgehead atoms. The number of rotatable bonds is 12. The van der Waals surface area contributed by atoms with Gasteiger partial charge in [-0.15, -0.1) is 0 Å².